The van der Waals surface area contributed by atoms with Gasteiger partial charge < -0.3 is 14.5 Å². The molecule has 0 saturated heterocycles. The molecule has 0 unspecified atom stereocenters. The SMILES string of the molecule is Cc1c(C(=O)OCC(=O)Nc2cccc(S(N)(=O)=O)c2)oc2c(Cl)cccc12. The third-order valence-electron chi connectivity index (χ3n) is 3.88. The number of furan rings is 1. The van der Waals surface area contributed by atoms with Gasteiger partial charge in [-0.1, -0.05) is 29.8 Å². The average Bonchev–Trinajstić information content (AvgIpc) is 2.98. The number of rotatable bonds is 5. The van der Waals surface area contributed by atoms with Crippen LogP contribution in [0.3, 0.4) is 0 Å². The van der Waals surface area contributed by atoms with E-state index in [1.165, 1.54) is 24.3 Å². The second kappa shape index (κ2) is 7.63. The van der Waals surface area contributed by atoms with Crippen LogP contribution in [0.4, 0.5) is 5.69 Å². The average molecular weight is 423 g/mol. The number of hydrogen-bond donors (Lipinski definition) is 2. The summed E-state index contributed by atoms with van der Waals surface area (Å²) in [4.78, 5) is 24.1. The highest BCUT2D eigenvalue weighted by Gasteiger charge is 2.21. The van der Waals surface area contributed by atoms with E-state index in [9.17, 15) is 18.0 Å². The van der Waals surface area contributed by atoms with Gasteiger partial charge in [-0.05, 0) is 31.2 Å². The second-order valence-electron chi connectivity index (χ2n) is 5.87. The molecule has 3 aromatic rings. The van der Waals surface area contributed by atoms with Gasteiger partial charge >= 0.3 is 5.97 Å². The van der Waals surface area contributed by atoms with Gasteiger partial charge in [0.1, 0.15) is 0 Å². The summed E-state index contributed by atoms with van der Waals surface area (Å²) in [7, 11) is -3.90. The molecule has 0 atom stereocenters. The van der Waals surface area contributed by atoms with Crippen LogP contribution in [-0.2, 0) is 19.6 Å². The van der Waals surface area contributed by atoms with E-state index in [4.69, 9.17) is 25.9 Å². The van der Waals surface area contributed by atoms with Crippen molar-refractivity contribution in [2.75, 3.05) is 11.9 Å². The van der Waals surface area contributed by atoms with Crippen LogP contribution in [0.15, 0.2) is 51.8 Å². The number of carbonyl (C=O) groups excluding carboxylic acids is 2. The number of fused-ring (bicyclic) bond motifs is 1. The zero-order valence-corrected chi connectivity index (χ0v) is 16.1. The van der Waals surface area contributed by atoms with Crippen molar-refractivity contribution in [3.8, 4) is 0 Å². The van der Waals surface area contributed by atoms with Crippen LogP contribution in [0.25, 0.3) is 11.0 Å². The maximum absolute atomic E-state index is 12.3. The smallest absolute Gasteiger partial charge is 0.375 e. The van der Waals surface area contributed by atoms with E-state index in [1.807, 2.05) is 0 Å². The highest BCUT2D eigenvalue weighted by molar-refractivity contribution is 7.89. The van der Waals surface area contributed by atoms with Gasteiger partial charge in [-0.25, -0.2) is 18.4 Å². The Labute approximate surface area is 165 Å². The maximum Gasteiger partial charge on any atom is 0.375 e. The van der Waals surface area contributed by atoms with Crippen molar-refractivity contribution >= 4 is 50.2 Å². The van der Waals surface area contributed by atoms with E-state index in [0.29, 0.717) is 21.6 Å². The first-order valence-electron chi connectivity index (χ1n) is 7.94. The number of hydrogen-bond acceptors (Lipinski definition) is 6. The summed E-state index contributed by atoms with van der Waals surface area (Å²) in [5.41, 5.74) is 1.10. The molecule has 1 amide bonds. The van der Waals surface area contributed by atoms with Crippen LogP contribution in [0.2, 0.25) is 5.02 Å². The summed E-state index contributed by atoms with van der Waals surface area (Å²) in [6.45, 7) is 1.08. The molecular formula is C18H15ClN2O6S. The molecule has 0 radical (unpaired) electrons. The van der Waals surface area contributed by atoms with E-state index in [1.54, 1.807) is 25.1 Å². The molecule has 0 bridgehead atoms. The van der Waals surface area contributed by atoms with Gasteiger partial charge in [-0.2, -0.15) is 0 Å². The Balaban J connectivity index is 1.68. The van der Waals surface area contributed by atoms with Gasteiger partial charge in [0.25, 0.3) is 5.91 Å². The second-order valence-corrected chi connectivity index (χ2v) is 7.84. The fourth-order valence-electron chi connectivity index (χ4n) is 2.55. The number of benzene rings is 2. The van der Waals surface area contributed by atoms with Crippen LogP contribution < -0.4 is 10.5 Å². The number of carbonyl (C=O) groups is 2. The van der Waals surface area contributed by atoms with Gasteiger partial charge in [0.05, 0.1) is 9.92 Å². The van der Waals surface area contributed by atoms with Crippen molar-refractivity contribution in [2.45, 2.75) is 11.8 Å². The fraction of sp³-hybridized carbons (Fsp3) is 0.111. The molecule has 10 heteroatoms. The molecule has 3 rings (SSSR count). The number of para-hydroxylation sites is 1. The third-order valence-corrected chi connectivity index (χ3v) is 5.09. The number of halogens is 1. The van der Waals surface area contributed by atoms with Crippen LogP contribution in [0.5, 0.6) is 0 Å². The number of amides is 1. The summed E-state index contributed by atoms with van der Waals surface area (Å²) >= 11 is 6.05. The lowest BCUT2D eigenvalue weighted by molar-refractivity contribution is -0.119. The molecule has 0 fully saturated rings. The number of primary sulfonamides is 1. The van der Waals surface area contributed by atoms with E-state index >= 15 is 0 Å². The first-order valence-corrected chi connectivity index (χ1v) is 9.86. The lowest BCUT2D eigenvalue weighted by atomic mass is 10.1. The molecule has 28 heavy (non-hydrogen) atoms. The molecule has 0 spiro atoms. The minimum Gasteiger partial charge on any atom is -0.450 e. The topological polar surface area (TPSA) is 129 Å². The summed E-state index contributed by atoms with van der Waals surface area (Å²) in [5, 5.41) is 8.49. The largest absolute Gasteiger partial charge is 0.450 e. The number of ether oxygens (including phenoxy) is 1. The third kappa shape index (κ3) is 4.16. The van der Waals surface area contributed by atoms with Crippen molar-refractivity contribution in [3.05, 3.63) is 58.8 Å². The quantitative estimate of drug-likeness (QED) is 0.608. The maximum atomic E-state index is 12.3. The van der Waals surface area contributed by atoms with Gasteiger partial charge in [0.15, 0.2) is 12.2 Å². The Bertz CT molecular complexity index is 1190. The van der Waals surface area contributed by atoms with Gasteiger partial charge in [0.2, 0.25) is 15.8 Å². The zero-order chi connectivity index (χ0) is 20.5. The zero-order valence-electron chi connectivity index (χ0n) is 14.6. The Kier molecular flexibility index (Phi) is 5.41. The Morgan fingerprint density at radius 2 is 1.93 bits per heavy atom. The van der Waals surface area contributed by atoms with Crippen molar-refractivity contribution in [1.82, 2.24) is 0 Å². The first kappa shape index (κ1) is 19.9. The summed E-state index contributed by atoms with van der Waals surface area (Å²) < 4.78 is 33.2. The summed E-state index contributed by atoms with van der Waals surface area (Å²) in [5.74, 6) is -1.53. The molecule has 3 N–H and O–H groups in total. The minimum atomic E-state index is -3.90. The molecule has 8 nitrogen and oxygen atoms in total. The first-order chi connectivity index (χ1) is 13.2. The molecule has 0 aliphatic heterocycles. The predicted molar refractivity (Wildman–Crippen MR) is 103 cm³/mol. The number of nitrogens with two attached hydrogens (primary N) is 1. The minimum absolute atomic E-state index is 0.0490. The van der Waals surface area contributed by atoms with E-state index in [2.05, 4.69) is 5.32 Å². The van der Waals surface area contributed by atoms with Crippen molar-refractivity contribution in [1.29, 1.82) is 0 Å². The molecule has 2 aromatic carbocycles. The Morgan fingerprint density at radius 1 is 1.21 bits per heavy atom. The Morgan fingerprint density at radius 3 is 2.61 bits per heavy atom. The van der Waals surface area contributed by atoms with Gasteiger partial charge in [0, 0.05) is 16.6 Å². The lowest BCUT2D eigenvalue weighted by Crippen LogP contribution is -2.21. The monoisotopic (exact) mass is 422 g/mol. The van der Waals surface area contributed by atoms with Crippen LogP contribution in [0.1, 0.15) is 16.1 Å². The number of esters is 1. The lowest BCUT2D eigenvalue weighted by Gasteiger charge is -2.07. The molecule has 0 aliphatic rings. The predicted octanol–water partition coefficient (Wildman–Crippen LogP) is 2.84. The summed E-state index contributed by atoms with van der Waals surface area (Å²) in [6, 6.07) is 10.5. The molecule has 0 saturated carbocycles. The number of sulfonamides is 1. The standard InChI is InChI=1S/C18H15ClN2O6S/c1-10-13-6-3-7-14(19)17(13)27-16(10)18(23)26-9-15(22)21-11-4-2-5-12(8-11)28(20,24)25/h2-8H,9H2,1H3,(H,21,22)(H2,20,24,25). The van der Waals surface area contributed by atoms with E-state index < -0.39 is 28.5 Å². The summed E-state index contributed by atoms with van der Waals surface area (Å²) in [6.07, 6.45) is 0. The molecule has 0 aliphatic carbocycles. The van der Waals surface area contributed by atoms with E-state index in [0.717, 1.165) is 0 Å². The normalized spacial score (nSPS) is 11.4. The highest BCUT2D eigenvalue weighted by Crippen LogP contribution is 2.31. The fourth-order valence-corrected chi connectivity index (χ4v) is 3.32. The highest BCUT2D eigenvalue weighted by atomic mass is 35.5. The van der Waals surface area contributed by atoms with Crippen molar-refractivity contribution < 1.29 is 27.2 Å². The van der Waals surface area contributed by atoms with Crippen molar-refractivity contribution in [2.24, 2.45) is 5.14 Å². The van der Waals surface area contributed by atoms with Crippen LogP contribution >= 0.6 is 11.6 Å². The number of aryl methyl sites for hydroxylation is 1. The van der Waals surface area contributed by atoms with Gasteiger partial charge in [-0.15, -0.1) is 0 Å². The van der Waals surface area contributed by atoms with E-state index in [-0.39, 0.29) is 16.3 Å². The van der Waals surface area contributed by atoms with Gasteiger partial charge in [-0.3, -0.25) is 4.79 Å². The molecule has 146 valence electrons. The van der Waals surface area contributed by atoms with Crippen molar-refractivity contribution in [3.63, 3.8) is 0 Å². The van der Waals surface area contributed by atoms with Crippen LogP contribution in [0, 0.1) is 6.92 Å². The molecule has 1 heterocycles. The van der Waals surface area contributed by atoms with Crippen LogP contribution in [-0.4, -0.2) is 26.9 Å². The Hall–Kier alpha value is -2.88. The molecular weight excluding hydrogens is 408 g/mol. The number of nitrogens with one attached hydrogen (secondary N) is 1. The number of anilines is 1. The molecule has 1 aromatic heterocycles.